The van der Waals surface area contributed by atoms with Gasteiger partial charge in [-0.25, -0.2) is 4.57 Å². The highest BCUT2D eigenvalue weighted by Gasteiger charge is 2.25. The van der Waals surface area contributed by atoms with Crippen molar-refractivity contribution in [2.45, 2.75) is 161 Å². The van der Waals surface area contributed by atoms with E-state index in [-0.39, 0.29) is 32.6 Å². The van der Waals surface area contributed by atoms with Crippen LogP contribution < -0.4 is 5.73 Å². The zero-order valence-electron chi connectivity index (χ0n) is 33.2. The summed E-state index contributed by atoms with van der Waals surface area (Å²) in [6.45, 7) is 3.51. The number of hydrogen-bond donors (Lipinski definition) is 2. The summed E-state index contributed by atoms with van der Waals surface area (Å²) in [5.41, 5.74) is 5.33. The lowest BCUT2D eigenvalue weighted by Crippen LogP contribution is -2.29. The number of nitrogens with two attached hydrogens (primary N) is 1. The molecule has 0 aromatic heterocycles. The predicted octanol–water partition coefficient (Wildman–Crippen LogP) is 11.5. The molecule has 3 N–H and O–H groups in total. The van der Waals surface area contributed by atoms with Gasteiger partial charge in [0, 0.05) is 19.4 Å². The summed E-state index contributed by atoms with van der Waals surface area (Å²) in [6.07, 6.45) is 46.5. The first-order valence-electron chi connectivity index (χ1n) is 20.4. The molecule has 0 spiro atoms. The van der Waals surface area contributed by atoms with Crippen molar-refractivity contribution in [3.63, 3.8) is 0 Å². The lowest BCUT2D eigenvalue weighted by atomic mass is 10.1. The second kappa shape index (κ2) is 39.2. The second-order valence-corrected chi connectivity index (χ2v) is 14.6. The molecular weight excluding hydrogens is 689 g/mol. The summed E-state index contributed by atoms with van der Waals surface area (Å²) in [6, 6.07) is 0. The summed E-state index contributed by atoms with van der Waals surface area (Å²) >= 11 is 0. The zero-order valence-corrected chi connectivity index (χ0v) is 34.1. The molecular formula is C43H74NO8P. The number of carbonyl (C=O) groups is 2. The minimum absolute atomic E-state index is 0.0402. The maximum atomic E-state index is 12.5. The van der Waals surface area contributed by atoms with Crippen molar-refractivity contribution in [3.8, 4) is 0 Å². The van der Waals surface area contributed by atoms with Gasteiger partial charge in [-0.15, -0.1) is 0 Å². The van der Waals surface area contributed by atoms with E-state index in [2.05, 4.69) is 86.8 Å². The summed E-state index contributed by atoms with van der Waals surface area (Å²) in [5.74, 6) is -0.917. The normalized spacial score (nSPS) is 14.1. The van der Waals surface area contributed by atoms with E-state index >= 15 is 0 Å². The van der Waals surface area contributed by atoms with Gasteiger partial charge in [0.05, 0.1) is 13.2 Å². The number of carbonyl (C=O) groups excluding carboxylic acids is 2. The Morgan fingerprint density at radius 2 is 1.06 bits per heavy atom. The standard InChI is InChI=1S/C43H74NO8P/c1-3-5-7-9-11-13-15-17-19-20-22-23-25-27-29-31-33-35-42(45)49-39-41(40-51-53(47,48)50-38-37-44)52-43(46)36-34-32-30-28-26-24-21-18-16-14-12-10-8-6-4-2/h6,8,12,14,17-19,21-23,27,29,41H,3-5,7,9-11,13,15-16,20,24-26,28,30-40,44H2,1-2H3,(H,47,48)/b8-6-,14-12-,19-17-,21-18-,23-22-,29-27-/t41-/m1/s1. The number of phosphoric ester groups is 1. The quantitative estimate of drug-likeness (QED) is 0.0274. The Kier molecular flexibility index (Phi) is 37.3. The van der Waals surface area contributed by atoms with Crippen LogP contribution in [0.15, 0.2) is 72.9 Å². The predicted molar refractivity (Wildman–Crippen MR) is 219 cm³/mol. The van der Waals surface area contributed by atoms with E-state index < -0.39 is 32.5 Å². The van der Waals surface area contributed by atoms with Crippen molar-refractivity contribution in [2.75, 3.05) is 26.4 Å². The van der Waals surface area contributed by atoms with E-state index in [1.165, 1.54) is 38.5 Å². The smallest absolute Gasteiger partial charge is 0.462 e. The molecule has 0 aromatic rings. The Morgan fingerprint density at radius 3 is 1.60 bits per heavy atom. The van der Waals surface area contributed by atoms with E-state index in [0.717, 1.165) is 77.0 Å². The van der Waals surface area contributed by atoms with Crippen molar-refractivity contribution in [1.82, 2.24) is 0 Å². The van der Waals surface area contributed by atoms with Gasteiger partial charge in [0.15, 0.2) is 6.10 Å². The first kappa shape index (κ1) is 50.5. The molecule has 53 heavy (non-hydrogen) atoms. The van der Waals surface area contributed by atoms with Crippen LogP contribution in [-0.2, 0) is 32.7 Å². The highest BCUT2D eigenvalue weighted by molar-refractivity contribution is 7.47. The average molecular weight is 764 g/mol. The van der Waals surface area contributed by atoms with Crippen LogP contribution in [0.5, 0.6) is 0 Å². The van der Waals surface area contributed by atoms with Crippen molar-refractivity contribution in [1.29, 1.82) is 0 Å². The SMILES string of the molecule is CC/C=C\C/C=C\C/C=C\CCCCCCCC(=O)O[C@H](COC(=O)CCC/C=C\C/C=C\C/C=C\CCCCCCCC)COP(=O)(O)OCCN. The Hall–Kier alpha value is -2.55. The van der Waals surface area contributed by atoms with E-state index in [1.807, 2.05) is 0 Å². The Labute approximate surface area is 322 Å². The van der Waals surface area contributed by atoms with Gasteiger partial charge in [-0.1, -0.05) is 138 Å². The summed E-state index contributed by atoms with van der Waals surface area (Å²) in [7, 11) is -4.39. The zero-order chi connectivity index (χ0) is 38.9. The number of allylic oxidation sites excluding steroid dienone is 12. The van der Waals surface area contributed by atoms with Gasteiger partial charge in [0.2, 0.25) is 0 Å². The largest absolute Gasteiger partial charge is 0.472 e. The van der Waals surface area contributed by atoms with Crippen LogP contribution in [0.1, 0.15) is 155 Å². The van der Waals surface area contributed by atoms with Gasteiger partial charge >= 0.3 is 19.8 Å². The molecule has 0 saturated carbocycles. The van der Waals surface area contributed by atoms with E-state index in [9.17, 15) is 19.0 Å². The maximum Gasteiger partial charge on any atom is 0.472 e. The van der Waals surface area contributed by atoms with Crippen LogP contribution in [-0.4, -0.2) is 49.3 Å². The third-order valence-corrected chi connectivity index (χ3v) is 9.06. The molecule has 2 atom stereocenters. The molecule has 0 aromatic carbocycles. The molecule has 0 amide bonds. The van der Waals surface area contributed by atoms with E-state index in [4.69, 9.17) is 24.3 Å². The van der Waals surface area contributed by atoms with Crippen LogP contribution in [0.4, 0.5) is 0 Å². The third kappa shape index (κ3) is 39.0. The molecule has 0 aliphatic carbocycles. The fourth-order valence-electron chi connectivity index (χ4n) is 5.07. The summed E-state index contributed by atoms with van der Waals surface area (Å²) in [5, 5.41) is 0. The van der Waals surface area contributed by atoms with Crippen molar-refractivity contribution >= 4 is 19.8 Å². The molecule has 1 unspecified atom stereocenters. The van der Waals surface area contributed by atoms with E-state index in [0.29, 0.717) is 12.8 Å². The Balaban J connectivity index is 4.31. The first-order valence-corrected chi connectivity index (χ1v) is 21.9. The fourth-order valence-corrected chi connectivity index (χ4v) is 5.84. The second-order valence-electron chi connectivity index (χ2n) is 13.1. The number of hydrogen-bond acceptors (Lipinski definition) is 8. The van der Waals surface area contributed by atoms with Gasteiger partial charge in [-0.05, 0) is 77.0 Å². The van der Waals surface area contributed by atoms with Crippen molar-refractivity contribution < 1.29 is 37.6 Å². The Bertz CT molecular complexity index is 1100. The van der Waals surface area contributed by atoms with Crippen molar-refractivity contribution in [3.05, 3.63) is 72.9 Å². The number of esters is 2. The van der Waals surface area contributed by atoms with Gasteiger partial charge in [-0.3, -0.25) is 18.6 Å². The minimum atomic E-state index is -4.39. The molecule has 0 saturated heterocycles. The van der Waals surface area contributed by atoms with Gasteiger partial charge in [-0.2, -0.15) is 0 Å². The lowest BCUT2D eigenvalue weighted by Gasteiger charge is -2.19. The average Bonchev–Trinajstić information content (AvgIpc) is 3.14. The molecule has 0 heterocycles. The molecule has 0 rings (SSSR count). The number of rotatable bonds is 37. The fraction of sp³-hybridized carbons (Fsp3) is 0.674. The minimum Gasteiger partial charge on any atom is -0.462 e. The van der Waals surface area contributed by atoms with Crippen LogP contribution in [0.2, 0.25) is 0 Å². The molecule has 0 aliphatic rings. The third-order valence-electron chi connectivity index (χ3n) is 8.08. The summed E-state index contributed by atoms with van der Waals surface area (Å²) in [4.78, 5) is 34.8. The first-order chi connectivity index (χ1) is 25.8. The number of unbranched alkanes of at least 4 members (excludes halogenated alkanes) is 12. The number of phosphoric acid groups is 1. The van der Waals surface area contributed by atoms with E-state index in [1.54, 1.807) is 0 Å². The van der Waals surface area contributed by atoms with Gasteiger partial charge in [0.1, 0.15) is 6.61 Å². The van der Waals surface area contributed by atoms with Crippen LogP contribution in [0.3, 0.4) is 0 Å². The lowest BCUT2D eigenvalue weighted by molar-refractivity contribution is -0.161. The van der Waals surface area contributed by atoms with Crippen LogP contribution in [0.25, 0.3) is 0 Å². The number of ether oxygens (including phenoxy) is 2. The van der Waals surface area contributed by atoms with Gasteiger partial charge < -0.3 is 20.1 Å². The molecule has 0 bridgehead atoms. The highest BCUT2D eigenvalue weighted by atomic mass is 31.2. The van der Waals surface area contributed by atoms with Gasteiger partial charge in [0.25, 0.3) is 0 Å². The van der Waals surface area contributed by atoms with Crippen LogP contribution >= 0.6 is 7.82 Å². The highest BCUT2D eigenvalue weighted by Crippen LogP contribution is 2.43. The molecule has 0 fully saturated rings. The molecule has 10 heteroatoms. The molecule has 9 nitrogen and oxygen atoms in total. The van der Waals surface area contributed by atoms with Crippen LogP contribution in [0, 0.1) is 0 Å². The maximum absolute atomic E-state index is 12.5. The topological polar surface area (TPSA) is 134 Å². The Morgan fingerprint density at radius 1 is 0.585 bits per heavy atom. The molecule has 0 radical (unpaired) electrons. The molecule has 304 valence electrons. The molecule has 0 aliphatic heterocycles. The van der Waals surface area contributed by atoms with Crippen molar-refractivity contribution in [2.24, 2.45) is 5.73 Å². The monoisotopic (exact) mass is 764 g/mol. The summed E-state index contributed by atoms with van der Waals surface area (Å²) < 4.78 is 32.6.